The molecule has 0 radical (unpaired) electrons. The van der Waals surface area contributed by atoms with Gasteiger partial charge >= 0.3 is 11.9 Å². The van der Waals surface area contributed by atoms with Gasteiger partial charge in [0.2, 0.25) is 0 Å². The van der Waals surface area contributed by atoms with Gasteiger partial charge in [-0.2, -0.15) is 13.2 Å². The highest BCUT2D eigenvalue weighted by molar-refractivity contribution is 5.85. The lowest BCUT2D eigenvalue weighted by Gasteiger charge is -2.11. The first-order valence-corrected chi connectivity index (χ1v) is 8.45. The van der Waals surface area contributed by atoms with Crippen LogP contribution in [0.15, 0.2) is 29.2 Å². The summed E-state index contributed by atoms with van der Waals surface area (Å²) in [6.45, 7) is 1.60. The van der Waals surface area contributed by atoms with Gasteiger partial charge in [0.05, 0.1) is 12.1 Å². The molecule has 3 rings (SSSR count). The quantitative estimate of drug-likeness (QED) is 0.587. The van der Waals surface area contributed by atoms with E-state index in [4.69, 9.17) is 5.73 Å². The Morgan fingerprint density at radius 2 is 2.07 bits per heavy atom. The monoisotopic (exact) mass is 395 g/mol. The number of halogens is 3. The Labute approximate surface area is 158 Å². The summed E-state index contributed by atoms with van der Waals surface area (Å²) in [6.07, 6.45) is -3.10. The van der Waals surface area contributed by atoms with Crippen LogP contribution in [-0.4, -0.2) is 51.6 Å². The van der Waals surface area contributed by atoms with Crippen molar-refractivity contribution in [3.63, 3.8) is 0 Å². The highest BCUT2D eigenvalue weighted by Gasteiger charge is 2.34. The van der Waals surface area contributed by atoms with Crippen molar-refractivity contribution < 1.29 is 13.2 Å². The van der Waals surface area contributed by atoms with Gasteiger partial charge in [0.15, 0.2) is 0 Å². The van der Waals surface area contributed by atoms with Gasteiger partial charge in [0.1, 0.15) is 22.8 Å². The smallest absolute Gasteiger partial charge is 0.382 e. The number of rotatable bonds is 6. The molecule has 0 aliphatic carbocycles. The number of likely N-dealkylation sites (N-methyl/N-ethyl adjacent to an activating group) is 1. The van der Waals surface area contributed by atoms with Gasteiger partial charge in [-0.3, -0.25) is 4.57 Å². The number of aromatic amines is 1. The fourth-order valence-electron chi connectivity index (χ4n) is 2.69. The van der Waals surface area contributed by atoms with Crippen molar-refractivity contribution in [2.45, 2.75) is 12.7 Å². The normalized spacial score (nSPS) is 12.1. The number of imidazole rings is 1. The largest absolute Gasteiger partial charge is 0.433 e. The van der Waals surface area contributed by atoms with Crippen LogP contribution in [0.25, 0.3) is 11.0 Å². The van der Waals surface area contributed by atoms with E-state index in [1.165, 1.54) is 4.57 Å². The first-order chi connectivity index (χ1) is 13.1. The molecule has 3 aromatic rings. The standard InChI is InChI=1S/C17H20F3N7O/c1-26(2)6-5-22-13-4-3-10(8-23-13)9-27-11-7-12(17(18,19)20)24-15(21)14(11)25-16(27)28/h3-4,7-8H,5-6,9H2,1-2H3,(H2,21,24)(H,22,23)(H,25,28). The molecule has 0 atom stereocenters. The summed E-state index contributed by atoms with van der Waals surface area (Å²) in [6, 6.07) is 4.32. The summed E-state index contributed by atoms with van der Waals surface area (Å²) in [5.74, 6) is 0.295. The summed E-state index contributed by atoms with van der Waals surface area (Å²) < 4.78 is 40.2. The van der Waals surface area contributed by atoms with Crippen LogP contribution in [0.5, 0.6) is 0 Å². The van der Waals surface area contributed by atoms with Crippen molar-refractivity contribution in [2.24, 2.45) is 0 Å². The minimum absolute atomic E-state index is 0.0398. The Balaban J connectivity index is 1.87. The summed E-state index contributed by atoms with van der Waals surface area (Å²) in [5, 5.41) is 3.16. The van der Waals surface area contributed by atoms with Crippen LogP contribution >= 0.6 is 0 Å². The second kappa shape index (κ2) is 7.50. The van der Waals surface area contributed by atoms with Gasteiger partial charge in [-0.15, -0.1) is 0 Å². The molecule has 8 nitrogen and oxygen atoms in total. The molecule has 0 saturated heterocycles. The maximum atomic E-state index is 13.0. The molecule has 0 fully saturated rings. The first-order valence-electron chi connectivity index (χ1n) is 8.45. The fourth-order valence-corrected chi connectivity index (χ4v) is 2.69. The Hall–Kier alpha value is -3.08. The Morgan fingerprint density at radius 1 is 1.32 bits per heavy atom. The molecule has 3 heterocycles. The van der Waals surface area contributed by atoms with Crippen LogP contribution in [0, 0.1) is 0 Å². The number of anilines is 2. The molecule has 0 spiro atoms. The minimum Gasteiger partial charge on any atom is -0.382 e. The topological polar surface area (TPSA) is 105 Å². The molecule has 28 heavy (non-hydrogen) atoms. The molecule has 11 heteroatoms. The van der Waals surface area contributed by atoms with Crippen LogP contribution in [0.3, 0.4) is 0 Å². The second-order valence-corrected chi connectivity index (χ2v) is 6.58. The lowest BCUT2D eigenvalue weighted by atomic mass is 10.2. The van der Waals surface area contributed by atoms with Crippen molar-refractivity contribution in [1.29, 1.82) is 0 Å². The van der Waals surface area contributed by atoms with Gasteiger partial charge in [0.25, 0.3) is 0 Å². The van der Waals surface area contributed by atoms with E-state index in [0.717, 1.165) is 12.6 Å². The van der Waals surface area contributed by atoms with Crippen LogP contribution in [-0.2, 0) is 12.7 Å². The van der Waals surface area contributed by atoms with Gasteiger partial charge in [0, 0.05) is 19.3 Å². The number of alkyl halides is 3. The molecule has 0 amide bonds. The maximum absolute atomic E-state index is 13.0. The number of hydrogen-bond acceptors (Lipinski definition) is 6. The van der Waals surface area contributed by atoms with E-state index in [2.05, 4.69) is 20.3 Å². The van der Waals surface area contributed by atoms with Crippen molar-refractivity contribution in [3.05, 3.63) is 46.1 Å². The van der Waals surface area contributed by atoms with E-state index in [1.807, 2.05) is 19.0 Å². The zero-order chi connectivity index (χ0) is 20.5. The molecule has 3 aromatic heterocycles. The van der Waals surface area contributed by atoms with Crippen LogP contribution in [0.4, 0.5) is 24.8 Å². The van der Waals surface area contributed by atoms with Gasteiger partial charge in [-0.1, -0.05) is 6.07 Å². The van der Waals surface area contributed by atoms with Crippen LogP contribution in [0.2, 0.25) is 0 Å². The van der Waals surface area contributed by atoms with E-state index < -0.39 is 17.6 Å². The molecular formula is C17H20F3N7O. The summed E-state index contributed by atoms with van der Waals surface area (Å²) in [7, 11) is 3.92. The number of nitrogens with two attached hydrogens (primary N) is 1. The van der Waals surface area contributed by atoms with Crippen molar-refractivity contribution in [2.75, 3.05) is 38.2 Å². The molecule has 4 N–H and O–H groups in total. The zero-order valence-corrected chi connectivity index (χ0v) is 15.3. The lowest BCUT2D eigenvalue weighted by Crippen LogP contribution is -2.21. The molecule has 0 saturated carbocycles. The first kappa shape index (κ1) is 19.7. The van der Waals surface area contributed by atoms with Gasteiger partial charge < -0.3 is 20.9 Å². The van der Waals surface area contributed by atoms with E-state index >= 15 is 0 Å². The Kier molecular flexibility index (Phi) is 5.27. The van der Waals surface area contributed by atoms with Gasteiger partial charge in [-0.25, -0.2) is 14.8 Å². The molecule has 0 unspecified atom stereocenters. The lowest BCUT2D eigenvalue weighted by molar-refractivity contribution is -0.141. The summed E-state index contributed by atoms with van der Waals surface area (Å²) in [4.78, 5) is 24.3. The molecule has 0 aromatic carbocycles. The zero-order valence-electron chi connectivity index (χ0n) is 15.3. The number of nitrogens with one attached hydrogen (secondary N) is 2. The van der Waals surface area contributed by atoms with E-state index in [9.17, 15) is 18.0 Å². The average Bonchev–Trinajstić information content (AvgIpc) is 2.92. The third-order valence-electron chi connectivity index (χ3n) is 4.12. The predicted molar refractivity (Wildman–Crippen MR) is 100 cm³/mol. The number of hydrogen-bond donors (Lipinski definition) is 3. The number of pyridine rings is 2. The molecule has 150 valence electrons. The maximum Gasteiger partial charge on any atom is 0.433 e. The minimum atomic E-state index is -4.66. The van der Waals surface area contributed by atoms with Crippen molar-refractivity contribution in [3.8, 4) is 0 Å². The number of fused-ring (bicyclic) bond motifs is 1. The molecule has 0 aliphatic heterocycles. The number of aromatic nitrogens is 4. The highest BCUT2D eigenvalue weighted by atomic mass is 19.4. The number of nitrogens with zero attached hydrogens (tertiary/aromatic N) is 4. The Morgan fingerprint density at radius 3 is 2.68 bits per heavy atom. The molecular weight excluding hydrogens is 375 g/mol. The van der Waals surface area contributed by atoms with Crippen molar-refractivity contribution in [1.82, 2.24) is 24.4 Å². The average molecular weight is 395 g/mol. The number of nitrogen functional groups attached to an aromatic ring is 1. The number of H-pyrrole nitrogens is 1. The predicted octanol–water partition coefficient (Wildman–Crippen LogP) is 1.74. The van der Waals surface area contributed by atoms with Crippen LogP contribution < -0.4 is 16.7 Å². The Bertz CT molecular complexity index is 1020. The van der Waals surface area contributed by atoms with Gasteiger partial charge in [-0.05, 0) is 31.8 Å². The second-order valence-electron chi connectivity index (χ2n) is 6.58. The third kappa shape index (κ3) is 4.25. The third-order valence-corrected chi connectivity index (χ3v) is 4.12. The van der Waals surface area contributed by atoms with E-state index in [0.29, 0.717) is 17.9 Å². The fraction of sp³-hybridized carbons (Fsp3) is 0.353. The summed E-state index contributed by atoms with van der Waals surface area (Å²) >= 11 is 0. The molecule has 0 aliphatic rings. The molecule has 0 bridgehead atoms. The van der Waals surface area contributed by atoms with Crippen molar-refractivity contribution >= 4 is 22.7 Å². The van der Waals surface area contributed by atoms with Crippen LogP contribution in [0.1, 0.15) is 11.3 Å². The van der Waals surface area contributed by atoms with E-state index in [1.54, 1.807) is 18.3 Å². The highest BCUT2D eigenvalue weighted by Crippen LogP contribution is 2.31. The van der Waals surface area contributed by atoms with E-state index in [-0.39, 0.29) is 23.4 Å². The summed E-state index contributed by atoms with van der Waals surface area (Å²) in [5.41, 5.74) is 4.65. The SMILES string of the molecule is CN(C)CCNc1ccc(Cn2c(=O)[nH]c3c(N)nc(C(F)(F)F)cc32)cn1.